The number of carbonyl (C=O) groups excluding carboxylic acids is 2. The molecule has 1 aliphatic carbocycles. The molecule has 1 saturated heterocycles. The van der Waals surface area contributed by atoms with Gasteiger partial charge in [0.05, 0.1) is 18.7 Å². The number of rotatable bonds is 5. The molecule has 0 unspecified atom stereocenters. The third-order valence-corrected chi connectivity index (χ3v) is 6.57. The van der Waals surface area contributed by atoms with Crippen LogP contribution < -0.4 is 10.6 Å². The topological polar surface area (TPSA) is 73.9 Å². The van der Waals surface area contributed by atoms with Crippen LogP contribution in [0.1, 0.15) is 43.7 Å². The number of piperazine rings is 1. The van der Waals surface area contributed by atoms with Crippen LogP contribution >= 0.6 is 0 Å². The Labute approximate surface area is 178 Å². The van der Waals surface area contributed by atoms with E-state index in [9.17, 15) is 9.59 Å². The van der Waals surface area contributed by atoms with Crippen LogP contribution in [0.15, 0.2) is 41.6 Å². The monoisotopic (exact) mass is 412 g/mol. The lowest BCUT2D eigenvalue weighted by Crippen LogP contribution is -2.53. The third kappa shape index (κ3) is 4.68. The Kier molecular flexibility index (Phi) is 6.69. The predicted octanol–water partition coefficient (Wildman–Crippen LogP) is 2.42. The minimum absolute atomic E-state index is 0.285. The lowest BCUT2D eigenvalue weighted by molar-refractivity contribution is -0.136. The molecule has 30 heavy (non-hydrogen) atoms. The van der Waals surface area contributed by atoms with E-state index < -0.39 is 12.0 Å². The van der Waals surface area contributed by atoms with Gasteiger partial charge in [0.1, 0.15) is 0 Å². The molecule has 2 aliphatic heterocycles. The van der Waals surface area contributed by atoms with E-state index in [0.29, 0.717) is 17.8 Å². The molecule has 0 bridgehead atoms. The Balaban J connectivity index is 1.49. The van der Waals surface area contributed by atoms with Crippen LogP contribution in [0.2, 0.25) is 0 Å². The summed E-state index contributed by atoms with van der Waals surface area (Å²) in [7, 11) is 1.38. The van der Waals surface area contributed by atoms with E-state index in [1.807, 2.05) is 30.3 Å². The first kappa shape index (κ1) is 20.9. The molecule has 4 rings (SSSR count). The number of methoxy groups -OCH3 is 1. The number of esters is 1. The molecule has 0 aromatic heterocycles. The molecule has 1 aromatic rings. The Bertz CT molecular complexity index is 781. The normalized spacial score (nSPS) is 24.3. The van der Waals surface area contributed by atoms with E-state index in [4.69, 9.17) is 4.74 Å². The van der Waals surface area contributed by atoms with Crippen molar-refractivity contribution in [3.8, 4) is 0 Å². The highest BCUT2D eigenvalue weighted by atomic mass is 16.5. The number of nitrogens with zero attached hydrogens (tertiary/aromatic N) is 2. The molecule has 7 heteroatoms. The largest absolute Gasteiger partial charge is 0.466 e. The highest BCUT2D eigenvalue weighted by Gasteiger charge is 2.34. The van der Waals surface area contributed by atoms with Gasteiger partial charge in [0.15, 0.2) is 0 Å². The SMILES string of the molecule is COC(=O)C1=C(CN2CCN(C3CCCCC3)CC2)NC(=O)N[C@@H]1c1ccccc1. The number of amides is 2. The van der Waals surface area contributed by atoms with E-state index in [1.165, 1.54) is 39.2 Å². The second-order valence-electron chi connectivity index (χ2n) is 8.43. The maximum atomic E-state index is 12.7. The van der Waals surface area contributed by atoms with Crippen LogP contribution in [0.4, 0.5) is 4.79 Å². The summed E-state index contributed by atoms with van der Waals surface area (Å²) in [5.41, 5.74) is 2.00. The molecule has 0 radical (unpaired) electrons. The fourth-order valence-electron chi connectivity index (χ4n) is 4.95. The van der Waals surface area contributed by atoms with Crippen molar-refractivity contribution < 1.29 is 14.3 Å². The smallest absolute Gasteiger partial charge is 0.338 e. The van der Waals surface area contributed by atoms with Crippen LogP contribution in [-0.4, -0.2) is 67.7 Å². The molecule has 2 heterocycles. The standard InChI is InChI=1S/C23H32N4O3/c1-30-22(28)20-19(24-23(29)25-21(20)17-8-4-2-5-9-17)16-26-12-14-27(15-13-26)18-10-6-3-7-11-18/h2,4-5,8-9,18,21H,3,6-7,10-16H2,1H3,(H2,24,25,29)/t21-/m1/s1. The summed E-state index contributed by atoms with van der Waals surface area (Å²) >= 11 is 0. The first-order chi connectivity index (χ1) is 14.7. The second-order valence-corrected chi connectivity index (χ2v) is 8.43. The Morgan fingerprint density at radius 1 is 1.07 bits per heavy atom. The van der Waals surface area contributed by atoms with E-state index in [1.54, 1.807) is 0 Å². The van der Waals surface area contributed by atoms with Crippen molar-refractivity contribution in [2.75, 3.05) is 39.8 Å². The van der Waals surface area contributed by atoms with Crippen molar-refractivity contribution in [2.24, 2.45) is 0 Å². The van der Waals surface area contributed by atoms with Gasteiger partial charge >= 0.3 is 12.0 Å². The lowest BCUT2D eigenvalue weighted by Gasteiger charge is -2.41. The van der Waals surface area contributed by atoms with Gasteiger partial charge in [-0.3, -0.25) is 9.80 Å². The summed E-state index contributed by atoms with van der Waals surface area (Å²) in [6.07, 6.45) is 6.70. The number of nitrogens with one attached hydrogen (secondary N) is 2. The molecule has 2 fully saturated rings. The average Bonchev–Trinajstić information content (AvgIpc) is 2.80. The van der Waals surface area contributed by atoms with Gasteiger partial charge in [0.25, 0.3) is 0 Å². The molecule has 0 spiro atoms. The number of benzene rings is 1. The number of ether oxygens (including phenoxy) is 1. The number of carbonyl (C=O) groups is 2. The Morgan fingerprint density at radius 2 is 1.77 bits per heavy atom. The molecule has 1 atom stereocenters. The number of hydrogen-bond acceptors (Lipinski definition) is 5. The third-order valence-electron chi connectivity index (χ3n) is 6.57. The maximum Gasteiger partial charge on any atom is 0.338 e. The zero-order valence-corrected chi connectivity index (χ0v) is 17.7. The van der Waals surface area contributed by atoms with E-state index in [-0.39, 0.29) is 6.03 Å². The fourth-order valence-corrected chi connectivity index (χ4v) is 4.95. The zero-order valence-electron chi connectivity index (χ0n) is 17.7. The van der Waals surface area contributed by atoms with Gasteiger partial charge in [-0.05, 0) is 18.4 Å². The molecule has 162 valence electrons. The second kappa shape index (κ2) is 9.62. The van der Waals surface area contributed by atoms with Crippen LogP contribution in [0.5, 0.6) is 0 Å². The van der Waals surface area contributed by atoms with Crippen molar-refractivity contribution in [1.29, 1.82) is 0 Å². The van der Waals surface area contributed by atoms with Crippen molar-refractivity contribution in [2.45, 2.75) is 44.2 Å². The molecule has 1 aromatic carbocycles. The molecule has 2 N–H and O–H groups in total. The Morgan fingerprint density at radius 3 is 2.43 bits per heavy atom. The van der Waals surface area contributed by atoms with Gasteiger partial charge in [-0.25, -0.2) is 9.59 Å². The average molecular weight is 413 g/mol. The van der Waals surface area contributed by atoms with Gasteiger partial charge in [0, 0.05) is 44.5 Å². The minimum Gasteiger partial charge on any atom is -0.466 e. The summed E-state index contributed by atoms with van der Waals surface area (Å²) < 4.78 is 5.08. The first-order valence-electron chi connectivity index (χ1n) is 11.1. The maximum absolute atomic E-state index is 12.7. The molecule has 3 aliphatic rings. The van der Waals surface area contributed by atoms with Gasteiger partial charge in [-0.2, -0.15) is 0 Å². The molecular formula is C23H32N4O3. The van der Waals surface area contributed by atoms with Gasteiger partial charge in [-0.1, -0.05) is 49.6 Å². The highest BCUT2D eigenvalue weighted by Crippen LogP contribution is 2.28. The predicted molar refractivity (Wildman–Crippen MR) is 115 cm³/mol. The number of hydrogen-bond donors (Lipinski definition) is 2. The first-order valence-corrected chi connectivity index (χ1v) is 11.1. The summed E-state index contributed by atoms with van der Waals surface area (Å²) in [6, 6.07) is 9.50. The summed E-state index contributed by atoms with van der Waals surface area (Å²) in [5.74, 6) is -0.410. The molecular weight excluding hydrogens is 380 g/mol. The van der Waals surface area contributed by atoms with Crippen molar-refractivity contribution >= 4 is 12.0 Å². The molecule has 1 saturated carbocycles. The van der Waals surface area contributed by atoms with Crippen LogP contribution in [0.25, 0.3) is 0 Å². The summed E-state index contributed by atoms with van der Waals surface area (Å²) in [6.45, 7) is 4.50. The highest BCUT2D eigenvalue weighted by molar-refractivity contribution is 5.95. The quantitative estimate of drug-likeness (QED) is 0.727. The lowest BCUT2D eigenvalue weighted by atomic mass is 9.93. The zero-order chi connectivity index (χ0) is 20.9. The molecule has 7 nitrogen and oxygen atoms in total. The van der Waals surface area contributed by atoms with Gasteiger partial charge < -0.3 is 15.4 Å². The molecule has 2 amide bonds. The van der Waals surface area contributed by atoms with E-state index >= 15 is 0 Å². The van der Waals surface area contributed by atoms with Gasteiger partial charge in [-0.15, -0.1) is 0 Å². The van der Waals surface area contributed by atoms with Gasteiger partial charge in [0.2, 0.25) is 0 Å². The fraction of sp³-hybridized carbons (Fsp3) is 0.565. The Hall–Kier alpha value is -2.38. The van der Waals surface area contributed by atoms with E-state index in [2.05, 4.69) is 20.4 Å². The minimum atomic E-state index is -0.508. The summed E-state index contributed by atoms with van der Waals surface area (Å²) in [4.78, 5) is 30.0. The van der Waals surface area contributed by atoms with Crippen LogP contribution in [0.3, 0.4) is 0 Å². The van der Waals surface area contributed by atoms with Crippen LogP contribution in [0, 0.1) is 0 Å². The van der Waals surface area contributed by atoms with Crippen molar-refractivity contribution in [3.63, 3.8) is 0 Å². The van der Waals surface area contributed by atoms with E-state index in [0.717, 1.165) is 37.8 Å². The summed E-state index contributed by atoms with van der Waals surface area (Å²) in [5, 5.41) is 5.76. The van der Waals surface area contributed by atoms with Crippen molar-refractivity contribution in [3.05, 3.63) is 47.2 Å². The van der Waals surface area contributed by atoms with Crippen LogP contribution in [-0.2, 0) is 9.53 Å². The van der Waals surface area contributed by atoms with Crippen molar-refractivity contribution in [1.82, 2.24) is 20.4 Å². The number of urea groups is 1.